The van der Waals surface area contributed by atoms with E-state index in [1.807, 2.05) is 34.5 Å². The summed E-state index contributed by atoms with van der Waals surface area (Å²) >= 11 is 1.37. The van der Waals surface area contributed by atoms with E-state index in [1.54, 1.807) is 13.3 Å². The van der Waals surface area contributed by atoms with Crippen LogP contribution in [0.4, 0.5) is 5.13 Å². The van der Waals surface area contributed by atoms with Crippen molar-refractivity contribution in [1.29, 1.82) is 0 Å². The van der Waals surface area contributed by atoms with Gasteiger partial charge in [-0.25, -0.2) is 4.98 Å². The van der Waals surface area contributed by atoms with E-state index in [0.717, 1.165) is 24.2 Å². The number of carbonyl (C=O) groups excluding carboxylic acids is 2. The fourth-order valence-corrected chi connectivity index (χ4v) is 3.85. The average molecular weight is 373 g/mol. The highest BCUT2D eigenvalue weighted by atomic mass is 32.1. The van der Waals surface area contributed by atoms with E-state index in [1.165, 1.54) is 11.3 Å². The molecule has 2 unspecified atom stereocenters. The summed E-state index contributed by atoms with van der Waals surface area (Å²) in [4.78, 5) is 31.4. The Bertz CT molecular complexity index is 746. The molecule has 138 valence electrons. The van der Waals surface area contributed by atoms with E-state index < -0.39 is 5.92 Å². The number of anilines is 1. The standard InChI is InChI=1S/C19H23N3O3S/c1-3-4-10-22-16(23)12-15(18(24)21-19-20-9-11-26-19)17(22)13-5-7-14(25-2)8-6-13/h5-9,11,15,17H,3-4,10,12H2,1-2H3,(H,20,21,24). The van der Waals surface area contributed by atoms with Crippen LogP contribution in [0.25, 0.3) is 0 Å². The van der Waals surface area contributed by atoms with Gasteiger partial charge in [0.15, 0.2) is 5.13 Å². The van der Waals surface area contributed by atoms with E-state index in [0.29, 0.717) is 11.7 Å². The quantitative estimate of drug-likeness (QED) is 0.806. The number of hydrogen-bond acceptors (Lipinski definition) is 5. The van der Waals surface area contributed by atoms with Crippen molar-refractivity contribution >= 4 is 28.3 Å². The molecule has 1 aliphatic heterocycles. The normalized spacial score (nSPS) is 19.6. The van der Waals surface area contributed by atoms with Crippen molar-refractivity contribution in [3.63, 3.8) is 0 Å². The zero-order chi connectivity index (χ0) is 18.5. The van der Waals surface area contributed by atoms with Gasteiger partial charge in [0, 0.05) is 24.5 Å². The monoisotopic (exact) mass is 373 g/mol. The Kier molecular flexibility index (Phi) is 5.88. The average Bonchev–Trinajstić information content (AvgIpc) is 3.27. The van der Waals surface area contributed by atoms with Gasteiger partial charge in [-0.15, -0.1) is 11.3 Å². The first-order valence-corrected chi connectivity index (χ1v) is 9.65. The second-order valence-electron chi connectivity index (χ2n) is 6.30. The van der Waals surface area contributed by atoms with Gasteiger partial charge in [0.1, 0.15) is 5.75 Å². The maximum Gasteiger partial charge on any atom is 0.232 e. The van der Waals surface area contributed by atoms with E-state index in [-0.39, 0.29) is 24.3 Å². The molecule has 1 saturated heterocycles. The van der Waals surface area contributed by atoms with Crippen LogP contribution in [0.1, 0.15) is 37.8 Å². The lowest BCUT2D eigenvalue weighted by molar-refractivity contribution is -0.129. The van der Waals surface area contributed by atoms with Crippen molar-refractivity contribution in [2.75, 3.05) is 19.0 Å². The minimum absolute atomic E-state index is 0.0264. The van der Waals surface area contributed by atoms with Crippen LogP contribution in [-0.4, -0.2) is 35.4 Å². The Morgan fingerprint density at radius 1 is 1.38 bits per heavy atom. The molecular weight excluding hydrogens is 350 g/mol. The van der Waals surface area contributed by atoms with Crippen molar-refractivity contribution in [2.45, 2.75) is 32.2 Å². The van der Waals surface area contributed by atoms with Gasteiger partial charge in [-0.3, -0.25) is 9.59 Å². The van der Waals surface area contributed by atoms with Crippen molar-refractivity contribution < 1.29 is 14.3 Å². The molecule has 26 heavy (non-hydrogen) atoms. The summed E-state index contributed by atoms with van der Waals surface area (Å²) in [6.07, 6.45) is 3.78. The SMILES string of the molecule is CCCCN1C(=O)CC(C(=O)Nc2nccs2)C1c1ccc(OC)cc1. The maximum atomic E-state index is 12.8. The minimum atomic E-state index is -0.434. The molecule has 0 bridgehead atoms. The number of benzene rings is 1. The number of nitrogens with one attached hydrogen (secondary N) is 1. The fourth-order valence-electron chi connectivity index (χ4n) is 3.31. The molecule has 0 radical (unpaired) electrons. The highest BCUT2D eigenvalue weighted by molar-refractivity contribution is 7.13. The molecule has 1 N–H and O–H groups in total. The highest BCUT2D eigenvalue weighted by Gasteiger charge is 2.44. The molecular formula is C19H23N3O3S. The van der Waals surface area contributed by atoms with Crippen LogP contribution in [0, 0.1) is 5.92 Å². The number of likely N-dealkylation sites (tertiary alicyclic amines) is 1. The lowest BCUT2D eigenvalue weighted by Crippen LogP contribution is -2.33. The van der Waals surface area contributed by atoms with Crippen molar-refractivity contribution in [2.24, 2.45) is 5.92 Å². The van der Waals surface area contributed by atoms with Gasteiger partial charge in [-0.2, -0.15) is 0 Å². The van der Waals surface area contributed by atoms with Gasteiger partial charge < -0.3 is 15.0 Å². The molecule has 1 aromatic heterocycles. The van der Waals surface area contributed by atoms with Crippen LogP contribution in [0.2, 0.25) is 0 Å². The molecule has 7 heteroatoms. The molecule has 6 nitrogen and oxygen atoms in total. The summed E-state index contributed by atoms with van der Waals surface area (Å²) in [6, 6.07) is 7.34. The van der Waals surface area contributed by atoms with Gasteiger partial charge in [-0.1, -0.05) is 25.5 Å². The van der Waals surface area contributed by atoms with Crippen LogP contribution >= 0.6 is 11.3 Å². The molecule has 0 aliphatic carbocycles. The molecule has 1 fully saturated rings. The molecule has 1 aliphatic rings. The summed E-state index contributed by atoms with van der Waals surface area (Å²) < 4.78 is 5.22. The van der Waals surface area contributed by atoms with Crippen LogP contribution in [-0.2, 0) is 9.59 Å². The Balaban J connectivity index is 1.87. The molecule has 2 aromatic rings. The molecule has 2 heterocycles. The minimum Gasteiger partial charge on any atom is -0.497 e. The Morgan fingerprint density at radius 3 is 2.77 bits per heavy atom. The molecule has 3 rings (SSSR count). The van der Waals surface area contributed by atoms with Crippen molar-refractivity contribution in [3.8, 4) is 5.75 Å². The Morgan fingerprint density at radius 2 is 2.15 bits per heavy atom. The smallest absolute Gasteiger partial charge is 0.232 e. The number of ether oxygens (including phenoxy) is 1. The summed E-state index contributed by atoms with van der Waals surface area (Å²) in [5.41, 5.74) is 0.951. The highest BCUT2D eigenvalue weighted by Crippen LogP contribution is 2.39. The molecule has 1 aromatic carbocycles. The Hall–Kier alpha value is -2.41. The summed E-state index contributed by atoms with van der Waals surface area (Å²) in [7, 11) is 1.62. The van der Waals surface area contributed by atoms with Crippen molar-refractivity contribution in [3.05, 3.63) is 41.4 Å². The predicted octanol–water partition coefficient (Wildman–Crippen LogP) is 3.48. The Labute approximate surface area is 157 Å². The summed E-state index contributed by atoms with van der Waals surface area (Å²) in [5.74, 6) is 0.185. The lowest BCUT2D eigenvalue weighted by atomic mass is 9.92. The first-order valence-electron chi connectivity index (χ1n) is 8.77. The zero-order valence-corrected chi connectivity index (χ0v) is 15.8. The van der Waals surface area contributed by atoms with E-state index >= 15 is 0 Å². The van der Waals surface area contributed by atoms with Crippen molar-refractivity contribution in [1.82, 2.24) is 9.88 Å². The second kappa shape index (κ2) is 8.31. The third-order valence-corrected chi connectivity index (χ3v) is 5.33. The van der Waals surface area contributed by atoms with Gasteiger partial charge in [0.25, 0.3) is 0 Å². The third kappa shape index (κ3) is 3.88. The number of aromatic nitrogens is 1. The number of thiazole rings is 1. The topological polar surface area (TPSA) is 71.5 Å². The second-order valence-corrected chi connectivity index (χ2v) is 7.19. The number of hydrogen-bond donors (Lipinski definition) is 1. The number of methoxy groups -OCH3 is 1. The van der Waals surface area contributed by atoms with Gasteiger partial charge >= 0.3 is 0 Å². The fraction of sp³-hybridized carbons (Fsp3) is 0.421. The van der Waals surface area contributed by atoms with E-state index in [2.05, 4.69) is 17.2 Å². The summed E-state index contributed by atoms with van der Waals surface area (Å²) in [5, 5.41) is 5.22. The number of rotatable bonds is 7. The molecule has 2 amide bonds. The van der Waals surface area contributed by atoms with Gasteiger partial charge in [0.2, 0.25) is 11.8 Å². The molecule has 2 atom stereocenters. The van der Waals surface area contributed by atoms with E-state index in [4.69, 9.17) is 4.74 Å². The maximum absolute atomic E-state index is 12.8. The number of unbranched alkanes of at least 4 members (excludes halogenated alkanes) is 1. The first-order chi connectivity index (χ1) is 12.6. The predicted molar refractivity (Wildman–Crippen MR) is 101 cm³/mol. The number of carbonyl (C=O) groups is 2. The largest absolute Gasteiger partial charge is 0.497 e. The van der Waals surface area contributed by atoms with Gasteiger partial charge in [-0.05, 0) is 24.1 Å². The first kappa shape index (κ1) is 18.4. The van der Waals surface area contributed by atoms with Crippen LogP contribution in [0.3, 0.4) is 0 Å². The van der Waals surface area contributed by atoms with Gasteiger partial charge in [0.05, 0.1) is 19.1 Å². The van der Waals surface area contributed by atoms with Crippen LogP contribution < -0.4 is 10.1 Å². The lowest BCUT2D eigenvalue weighted by Gasteiger charge is -2.28. The summed E-state index contributed by atoms with van der Waals surface area (Å²) in [6.45, 7) is 2.75. The number of nitrogens with zero attached hydrogens (tertiary/aromatic N) is 2. The molecule has 0 saturated carbocycles. The van der Waals surface area contributed by atoms with E-state index in [9.17, 15) is 9.59 Å². The number of amides is 2. The van der Waals surface area contributed by atoms with Crippen LogP contribution in [0.5, 0.6) is 5.75 Å². The zero-order valence-electron chi connectivity index (χ0n) is 15.0. The van der Waals surface area contributed by atoms with Crippen LogP contribution in [0.15, 0.2) is 35.8 Å². The molecule has 0 spiro atoms. The third-order valence-electron chi connectivity index (χ3n) is 4.64.